The molecule has 0 unspecified atom stereocenters. The number of hydrogen-bond acceptors (Lipinski definition) is 3. The average molecular weight is 753 g/mol. The molecule has 13 rings (SSSR count). The molecule has 4 heterocycles. The highest BCUT2D eigenvalue weighted by molar-refractivity contribution is 6.39. The van der Waals surface area contributed by atoms with Crippen LogP contribution in [0.5, 0.6) is 0 Å². The second-order valence-electron chi connectivity index (χ2n) is 15.3. The van der Waals surface area contributed by atoms with E-state index in [0.29, 0.717) is 11.7 Å². The van der Waals surface area contributed by atoms with Crippen LogP contribution in [-0.4, -0.2) is 19.1 Å². The van der Waals surface area contributed by atoms with E-state index in [1.807, 2.05) is 12.1 Å². The molecule has 0 saturated heterocycles. The average Bonchev–Trinajstić information content (AvgIpc) is 3.98. The van der Waals surface area contributed by atoms with E-state index in [1.165, 1.54) is 32.3 Å². The number of para-hydroxylation sites is 3. The molecule has 59 heavy (non-hydrogen) atoms. The highest BCUT2D eigenvalue weighted by atomic mass is 16.3. The van der Waals surface area contributed by atoms with Gasteiger partial charge in [-0.05, 0) is 69.1 Å². The summed E-state index contributed by atoms with van der Waals surface area (Å²) in [4.78, 5) is 11.0. The molecule has 9 aromatic carbocycles. The predicted octanol–water partition coefficient (Wildman–Crippen LogP) is 14.2. The number of rotatable bonds is 4. The molecule has 0 aliphatic heterocycles. The van der Waals surface area contributed by atoms with Gasteiger partial charge in [0.25, 0.3) is 0 Å². The second-order valence-corrected chi connectivity index (χ2v) is 15.3. The van der Waals surface area contributed by atoms with Crippen LogP contribution in [0, 0.1) is 0 Å². The van der Waals surface area contributed by atoms with E-state index in [1.54, 1.807) is 0 Å². The van der Waals surface area contributed by atoms with Crippen LogP contribution in [0.4, 0.5) is 0 Å². The van der Waals surface area contributed by atoms with Crippen LogP contribution >= 0.6 is 0 Å². The molecule has 0 amide bonds. The zero-order chi connectivity index (χ0) is 38.6. The molecule has 13 aromatic rings. The largest absolute Gasteiger partial charge is 0.437 e. The lowest BCUT2D eigenvalue weighted by Crippen LogP contribution is -2.04. The lowest BCUT2D eigenvalue weighted by molar-refractivity contribution is 0.651. The molecular weight excluding hydrogens is 721 g/mol. The number of benzene rings is 9. The summed E-state index contributed by atoms with van der Waals surface area (Å²) < 4.78 is 11.4. The summed E-state index contributed by atoms with van der Waals surface area (Å²) in [7, 11) is 0. The van der Waals surface area contributed by atoms with E-state index >= 15 is 0 Å². The van der Waals surface area contributed by atoms with Crippen molar-refractivity contribution in [3.05, 3.63) is 194 Å². The Kier molecular flexibility index (Phi) is 6.66. The Labute approximate surface area is 337 Å². The fraction of sp³-hybridized carbons (Fsp3) is 0. The first kappa shape index (κ1) is 32.1. The SMILES string of the molecule is c1ccc(-c2cccc(-c3nc(-n4c5ccccc5c5c6ccccc6c6c7c8ccccc8ccc7n(-c7ccccc7)c6c54)nc4oc5ccccc5c34)c2)cc1. The molecule has 4 aromatic heterocycles. The Balaban J connectivity index is 1.25. The van der Waals surface area contributed by atoms with Crippen molar-refractivity contribution in [1.82, 2.24) is 19.1 Å². The molecule has 5 heteroatoms. The highest BCUT2D eigenvalue weighted by Gasteiger charge is 2.27. The number of hydrogen-bond donors (Lipinski definition) is 0. The van der Waals surface area contributed by atoms with Crippen LogP contribution < -0.4 is 0 Å². The van der Waals surface area contributed by atoms with Crippen molar-refractivity contribution < 1.29 is 4.42 Å². The fourth-order valence-electron chi connectivity index (χ4n) is 9.65. The van der Waals surface area contributed by atoms with E-state index in [9.17, 15) is 0 Å². The van der Waals surface area contributed by atoms with E-state index < -0.39 is 0 Å². The smallest absolute Gasteiger partial charge is 0.238 e. The molecule has 0 atom stereocenters. The number of furan rings is 1. The molecule has 0 aliphatic rings. The van der Waals surface area contributed by atoms with Crippen LogP contribution in [0.25, 0.3) is 121 Å². The van der Waals surface area contributed by atoms with Crippen molar-refractivity contribution in [2.24, 2.45) is 0 Å². The third-order valence-electron chi connectivity index (χ3n) is 12.1. The summed E-state index contributed by atoms with van der Waals surface area (Å²) in [5.74, 6) is 0.550. The lowest BCUT2D eigenvalue weighted by atomic mass is 9.96. The number of fused-ring (bicyclic) bond motifs is 15. The van der Waals surface area contributed by atoms with Gasteiger partial charge in [-0.2, -0.15) is 4.98 Å². The maximum absolute atomic E-state index is 6.67. The molecule has 274 valence electrons. The maximum Gasteiger partial charge on any atom is 0.238 e. The maximum atomic E-state index is 6.67. The van der Waals surface area contributed by atoms with E-state index in [-0.39, 0.29) is 0 Å². The van der Waals surface area contributed by atoms with E-state index in [2.05, 4.69) is 191 Å². The van der Waals surface area contributed by atoms with Gasteiger partial charge in [0.05, 0.1) is 33.1 Å². The Bertz CT molecular complexity index is 3840. The molecule has 0 bridgehead atoms. The topological polar surface area (TPSA) is 48.8 Å². The van der Waals surface area contributed by atoms with Crippen LogP contribution in [0.1, 0.15) is 0 Å². The van der Waals surface area contributed by atoms with Crippen molar-refractivity contribution in [1.29, 1.82) is 0 Å². The summed E-state index contributed by atoms with van der Waals surface area (Å²) in [6.45, 7) is 0. The quantitative estimate of drug-likeness (QED) is 0.180. The second kappa shape index (κ2) is 12.2. The Morgan fingerprint density at radius 1 is 0.373 bits per heavy atom. The summed E-state index contributed by atoms with van der Waals surface area (Å²) >= 11 is 0. The van der Waals surface area contributed by atoms with Gasteiger partial charge in [0.1, 0.15) is 5.58 Å². The van der Waals surface area contributed by atoms with Gasteiger partial charge in [-0.15, -0.1) is 0 Å². The van der Waals surface area contributed by atoms with Crippen molar-refractivity contribution >= 4 is 87.2 Å². The number of aromatic nitrogens is 4. The zero-order valence-electron chi connectivity index (χ0n) is 31.7. The van der Waals surface area contributed by atoms with Crippen molar-refractivity contribution in [3.63, 3.8) is 0 Å². The van der Waals surface area contributed by atoms with Crippen LogP contribution in [-0.2, 0) is 0 Å². The van der Waals surface area contributed by atoms with Crippen molar-refractivity contribution in [2.75, 3.05) is 0 Å². The first-order valence-corrected chi connectivity index (χ1v) is 20.0. The molecule has 5 nitrogen and oxygen atoms in total. The minimum Gasteiger partial charge on any atom is -0.437 e. The van der Waals surface area contributed by atoms with Gasteiger partial charge in [-0.3, -0.25) is 4.57 Å². The van der Waals surface area contributed by atoms with Gasteiger partial charge in [0, 0.05) is 38.2 Å². The third kappa shape index (κ3) is 4.55. The zero-order valence-corrected chi connectivity index (χ0v) is 31.7. The van der Waals surface area contributed by atoms with Gasteiger partial charge >= 0.3 is 0 Å². The first-order chi connectivity index (χ1) is 29.3. The molecule has 0 N–H and O–H groups in total. The minimum absolute atomic E-state index is 0.550. The van der Waals surface area contributed by atoms with Crippen LogP contribution in [0.2, 0.25) is 0 Å². The highest BCUT2D eigenvalue weighted by Crippen LogP contribution is 2.48. The molecule has 0 fully saturated rings. The third-order valence-corrected chi connectivity index (χ3v) is 12.1. The van der Waals surface area contributed by atoms with Crippen molar-refractivity contribution in [3.8, 4) is 34.0 Å². The molecular formula is C54H32N4O. The number of nitrogens with zero attached hydrogens (tertiary/aromatic N) is 4. The molecule has 0 saturated carbocycles. The van der Waals surface area contributed by atoms with E-state index in [4.69, 9.17) is 14.4 Å². The summed E-state index contributed by atoms with van der Waals surface area (Å²) in [5.41, 5.74) is 10.8. The lowest BCUT2D eigenvalue weighted by Gasteiger charge is -2.14. The van der Waals surface area contributed by atoms with Gasteiger partial charge in [-0.25, -0.2) is 4.98 Å². The predicted molar refractivity (Wildman–Crippen MR) is 244 cm³/mol. The molecule has 0 spiro atoms. The standard InChI is InChI=1S/C54H32N4O/c1-3-16-33(17-4-1)35-19-15-20-36(32-35)50-49-42-27-12-14-29-45(42)59-53(49)56-54(55-50)58-43-28-13-11-26-41(43)46-39-24-9-10-25-40(39)48-47-38-23-8-7-18-34(38)30-31-44(47)57(52(48)51(46)58)37-21-5-2-6-22-37/h1-32H. The monoisotopic (exact) mass is 752 g/mol. The summed E-state index contributed by atoms with van der Waals surface area (Å²) in [6.07, 6.45) is 0. The summed E-state index contributed by atoms with van der Waals surface area (Å²) in [6, 6.07) is 68.9. The van der Waals surface area contributed by atoms with Crippen molar-refractivity contribution in [2.45, 2.75) is 0 Å². The molecule has 0 aliphatic carbocycles. The van der Waals surface area contributed by atoms with Gasteiger partial charge in [0.15, 0.2) is 0 Å². The van der Waals surface area contributed by atoms with Gasteiger partial charge in [-0.1, -0.05) is 158 Å². The minimum atomic E-state index is 0.550. The van der Waals surface area contributed by atoms with E-state index in [0.717, 1.165) is 77.3 Å². The van der Waals surface area contributed by atoms with Gasteiger partial charge in [0.2, 0.25) is 11.7 Å². The Morgan fingerprint density at radius 2 is 1.00 bits per heavy atom. The Hall–Kier alpha value is -8.02. The summed E-state index contributed by atoms with van der Waals surface area (Å²) in [5, 5.41) is 11.4. The fourth-order valence-corrected chi connectivity index (χ4v) is 9.65. The van der Waals surface area contributed by atoms with Gasteiger partial charge < -0.3 is 8.98 Å². The van der Waals surface area contributed by atoms with Crippen LogP contribution in [0.3, 0.4) is 0 Å². The molecule has 0 radical (unpaired) electrons. The Morgan fingerprint density at radius 3 is 1.83 bits per heavy atom. The van der Waals surface area contributed by atoms with Crippen LogP contribution in [0.15, 0.2) is 199 Å². The first-order valence-electron chi connectivity index (χ1n) is 20.0. The normalized spacial score (nSPS) is 12.1.